The molecule has 0 aromatic heterocycles. The molecule has 1 aromatic carbocycles. The second kappa shape index (κ2) is 22.0. The summed E-state index contributed by atoms with van der Waals surface area (Å²) in [6, 6.07) is 8.18. The fourth-order valence-electron chi connectivity index (χ4n) is 4.25. The third-order valence-electron chi connectivity index (χ3n) is 6.38. The van der Waals surface area contributed by atoms with Crippen LogP contribution < -0.4 is 4.74 Å². The van der Waals surface area contributed by atoms with E-state index >= 15 is 0 Å². The first-order valence-corrected chi connectivity index (χ1v) is 13.7. The van der Waals surface area contributed by atoms with Crippen LogP contribution >= 0.6 is 0 Å². The first kappa shape index (κ1) is 27.8. The van der Waals surface area contributed by atoms with Gasteiger partial charge in [0.25, 0.3) is 0 Å². The maximum absolute atomic E-state index is 5.81. The Morgan fingerprint density at radius 1 is 0.548 bits per heavy atom. The highest BCUT2D eigenvalue weighted by Crippen LogP contribution is 2.16. The van der Waals surface area contributed by atoms with Crippen LogP contribution in [0.15, 0.2) is 30.8 Å². The van der Waals surface area contributed by atoms with Gasteiger partial charge < -0.3 is 4.74 Å². The SMILES string of the molecule is C=Cc1ccc(OCCCCCCCCCCCCCCCCCCCCCC)cc1. The quantitative estimate of drug-likeness (QED) is 0.157. The molecular weight excluding hydrogens is 376 g/mol. The van der Waals surface area contributed by atoms with Gasteiger partial charge in [0.15, 0.2) is 0 Å². The van der Waals surface area contributed by atoms with Gasteiger partial charge in [-0.25, -0.2) is 0 Å². The van der Waals surface area contributed by atoms with Crippen LogP contribution in [0.1, 0.15) is 141 Å². The lowest BCUT2D eigenvalue weighted by atomic mass is 10.0. The van der Waals surface area contributed by atoms with Crippen LogP contribution in [0, 0.1) is 0 Å². The number of unbranched alkanes of at least 4 members (excludes halogenated alkanes) is 19. The summed E-state index contributed by atoms with van der Waals surface area (Å²) in [5, 5.41) is 0. The maximum atomic E-state index is 5.81. The molecule has 1 nitrogen and oxygen atoms in total. The lowest BCUT2D eigenvalue weighted by Gasteiger charge is -2.06. The monoisotopic (exact) mass is 428 g/mol. The van der Waals surface area contributed by atoms with Crippen molar-refractivity contribution in [2.75, 3.05) is 6.61 Å². The van der Waals surface area contributed by atoms with Crippen molar-refractivity contribution in [2.45, 2.75) is 135 Å². The summed E-state index contributed by atoms with van der Waals surface area (Å²) in [4.78, 5) is 0. The Hall–Kier alpha value is -1.24. The summed E-state index contributed by atoms with van der Waals surface area (Å²) in [6.45, 7) is 6.92. The Bertz CT molecular complexity index is 490. The molecule has 0 aliphatic rings. The second-order valence-electron chi connectivity index (χ2n) is 9.34. The first-order chi connectivity index (χ1) is 15.4. The maximum Gasteiger partial charge on any atom is 0.119 e. The molecule has 0 spiro atoms. The van der Waals surface area contributed by atoms with Gasteiger partial charge in [0, 0.05) is 0 Å². The van der Waals surface area contributed by atoms with Crippen molar-refractivity contribution in [3.63, 3.8) is 0 Å². The van der Waals surface area contributed by atoms with Gasteiger partial charge in [0.2, 0.25) is 0 Å². The molecule has 178 valence electrons. The molecule has 0 saturated heterocycles. The van der Waals surface area contributed by atoms with E-state index in [1.54, 1.807) is 0 Å². The zero-order valence-corrected chi connectivity index (χ0v) is 20.9. The minimum atomic E-state index is 0.840. The molecule has 0 N–H and O–H groups in total. The average molecular weight is 429 g/mol. The molecule has 0 atom stereocenters. The van der Waals surface area contributed by atoms with Crippen LogP contribution in [0.5, 0.6) is 5.75 Å². The Balaban J connectivity index is 1.71. The molecule has 0 saturated carbocycles. The van der Waals surface area contributed by atoms with Crippen LogP contribution in [-0.4, -0.2) is 6.61 Å². The largest absolute Gasteiger partial charge is 0.494 e. The smallest absolute Gasteiger partial charge is 0.119 e. The summed E-state index contributed by atoms with van der Waals surface area (Å²) in [5.41, 5.74) is 1.14. The first-order valence-electron chi connectivity index (χ1n) is 13.7. The van der Waals surface area contributed by atoms with Crippen molar-refractivity contribution in [1.82, 2.24) is 0 Å². The number of rotatable bonds is 23. The predicted octanol–water partition coefficient (Wildman–Crippen LogP) is 10.5. The van der Waals surface area contributed by atoms with Gasteiger partial charge in [-0.1, -0.05) is 154 Å². The summed E-state index contributed by atoms with van der Waals surface area (Å²) in [5.74, 6) is 0.975. The number of benzene rings is 1. The van der Waals surface area contributed by atoms with E-state index in [9.17, 15) is 0 Å². The molecule has 1 rings (SSSR count). The zero-order valence-electron chi connectivity index (χ0n) is 20.9. The summed E-state index contributed by atoms with van der Waals surface area (Å²) in [6.07, 6.45) is 30.3. The number of ether oxygens (including phenoxy) is 1. The Morgan fingerprint density at radius 3 is 1.26 bits per heavy atom. The van der Waals surface area contributed by atoms with Crippen molar-refractivity contribution >= 4 is 6.08 Å². The van der Waals surface area contributed by atoms with E-state index in [2.05, 4.69) is 25.6 Å². The van der Waals surface area contributed by atoms with E-state index in [1.165, 1.54) is 128 Å². The van der Waals surface area contributed by atoms with E-state index in [0.29, 0.717) is 0 Å². The lowest BCUT2D eigenvalue weighted by Crippen LogP contribution is -1.97. The van der Waals surface area contributed by atoms with E-state index in [1.807, 2.05) is 18.2 Å². The molecule has 0 radical (unpaired) electrons. The summed E-state index contributed by atoms with van der Waals surface area (Å²) in [7, 11) is 0. The molecule has 0 heterocycles. The van der Waals surface area contributed by atoms with Crippen molar-refractivity contribution in [3.05, 3.63) is 36.4 Å². The van der Waals surface area contributed by atoms with Gasteiger partial charge in [0.05, 0.1) is 6.61 Å². The Labute approximate surface area is 195 Å². The van der Waals surface area contributed by atoms with Gasteiger partial charge in [-0.2, -0.15) is 0 Å². The minimum Gasteiger partial charge on any atom is -0.494 e. The highest BCUT2D eigenvalue weighted by molar-refractivity contribution is 5.48. The molecule has 0 unspecified atom stereocenters. The van der Waals surface area contributed by atoms with Crippen LogP contribution in [0.25, 0.3) is 6.08 Å². The fraction of sp³-hybridized carbons (Fsp3) is 0.733. The summed E-state index contributed by atoms with van der Waals surface area (Å²) >= 11 is 0. The molecule has 0 bridgehead atoms. The van der Waals surface area contributed by atoms with E-state index < -0.39 is 0 Å². The highest BCUT2D eigenvalue weighted by Gasteiger charge is 1.97. The molecular formula is C30H52O. The van der Waals surface area contributed by atoms with E-state index in [4.69, 9.17) is 4.74 Å². The zero-order chi connectivity index (χ0) is 22.2. The summed E-state index contributed by atoms with van der Waals surface area (Å²) < 4.78 is 5.81. The average Bonchev–Trinajstić information content (AvgIpc) is 2.80. The van der Waals surface area contributed by atoms with Crippen molar-refractivity contribution in [1.29, 1.82) is 0 Å². The van der Waals surface area contributed by atoms with Crippen molar-refractivity contribution in [2.24, 2.45) is 0 Å². The Kier molecular flexibility index (Phi) is 19.7. The molecule has 0 aliphatic carbocycles. The second-order valence-corrected chi connectivity index (χ2v) is 9.34. The molecule has 31 heavy (non-hydrogen) atoms. The third kappa shape index (κ3) is 18.1. The normalized spacial score (nSPS) is 11.0. The lowest BCUT2D eigenvalue weighted by molar-refractivity contribution is 0.304. The van der Waals surface area contributed by atoms with Crippen molar-refractivity contribution < 1.29 is 4.74 Å². The van der Waals surface area contributed by atoms with Gasteiger partial charge in [-0.3, -0.25) is 0 Å². The number of hydrogen-bond acceptors (Lipinski definition) is 1. The van der Waals surface area contributed by atoms with Gasteiger partial charge in [0.1, 0.15) is 5.75 Å². The van der Waals surface area contributed by atoms with E-state index in [-0.39, 0.29) is 0 Å². The van der Waals surface area contributed by atoms with Gasteiger partial charge >= 0.3 is 0 Å². The standard InChI is InChI=1S/C30H52O/c1-3-5-6-7-8-9-10-11-12-13-14-15-16-17-18-19-20-21-22-23-28-31-30-26-24-29(4-2)25-27-30/h4,24-27H,2-3,5-23,28H2,1H3. The molecule has 1 heteroatoms. The van der Waals surface area contributed by atoms with Crippen LogP contribution in [0.4, 0.5) is 0 Å². The van der Waals surface area contributed by atoms with Crippen molar-refractivity contribution in [3.8, 4) is 5.75 Å². The Morgan fingerprint density at radius 2 is 0.903 bits per heavy atom. The number of hydrogen-bond donors (Lipinski definition) is 0. The van der Waals surface area contributed by atoms with Crippen LogP contribution in [0.2, 0.25) is 0 Å². The van der Waals surface area contributed by atoms with E-state index in [0.717, 1.165) is 17.9 Å². The van der Waals surface area contributed by atoms with Gasteiger partial charge in [-0.05, 0) is 24.1 Å². The highest BCUT2D eigenvalue weighted by atomic mass is 16.5. The van der Waals surface area contributed by atoms with Crippen LogP contribution in [0.3, 0.4) is 0 Å². The van der Waals surface area contributed by atoms with Gasteiger partial charge in [-0.15, -0.1) is 0 Å². The third-order valence-corrected chi connectivity index (χ3v) is 6.38. The topological polar surface area (TPSA) is 9.23 Å². The molecule has 0 aliphatic heterocycles. The minimum absolute atomic E-state index is 0.840. The predicted molar refractivity (Wildman–Crippen MR) is 140 cm³/mol. The molecule has 0 amide bonds. The van der Waals surface area contributed by atoms with Crippen LogP contribution in [-0.2, 0) is 0 Å². The molecule has 1 aromatic rings. The molecule has 0 fully saturated rings. The fourth-order valence-corrected chi connectivity index (χ4v) is 4.25.